The number of pyridine rings is 2. The van der Waals surface area contributed by atoms with Crippen LogP contribution in [0.3, 0.4) is 0 Å². The van der Waals surface area contributed by atoms with Gasteiger partial charge in [0.05, 0.1) is 41.1 Å². The van der Waals surface area contributed by atoms with Crippen molar-refractivity contribution in [1.29, 1.82) is 0 Å². The molecule has 0 radical (unpaired) electrons. The van der Waals surface area contributed by atoms with Crippen LogP contribution in [0.2, 0.25) is 0 Å². The Morgan fingerprint density at radius 2 is 1.61 bits per heavy atom. The maximum atomic E-state index is 13.9. The lowest BCUT2D eigenvalue weighted by Gasteiger charge is -2.31. The van der Waals surface area contributed by atoms with Crippen LogP contribution >= 0.6 is 0 Å². The smallest absolute Gasteiger partial charge is 0.343 e. The molecule has 6 heterocycles. The Balaban J connectivity index is 0.00000475. The highest BCUT2D eigenvalue weighted by Crippen LogP contribution is 2.43. The van der Waals surface area contributed by atoms with E-state index in [2.05, 4.69) is 61.8 Å². The normalized spacial score (nSPS) is 15.5. The van der Waals surface area contributed by atoms with Crippen LogP contribution < -0.4 is 36.3 Å². The quantitative estimate of drug-likeness (QED) is 0.0206. The fourth-order valence-corrected chi connectivity index (χ4v) is 9.67. The van der Waals surface area contributed by atoms with Crippen molar-refractivity contribution in [3.63, 3.8) is 0 Å². The molecule has 4 aromatic rings. The van der Waals surface area contributed by atoms with Crippen LogP contribution in [0.4, 0.5) is 0 Å². The molecule has 416 valence electrons. The topological polar surface area (TPSA) is 255 Å². The molecular formula is C57H77N9O11. The molecule has 20 heteroatoms. The number of cyclic esters (lactones) is 1. The number of fused-ring (bicyclic) bond motifs is 6. The van der Waals surface area contributed by atoms with Crippen LogP contribution in [0.15, 0.2) is 35.4 Å². The first-order chi connectivity index (χ1) is 37.1. The average molecular weight is 1060 g/mol. The van der Waals surface area contributed by atoms with Gasteiger partial charge in [0.2, 0.25) is 30.4 Å². The van der Waals surface area contributed by atoms with Crippen molar-refractivity contribution in [1.82, 2.24) is 45.7 Å². The molecule has 0 spiro atoms. The van der Waals surface area contributed by atoms with Crippen LogP contribution in [-0.2, 0) is 58.6 Å². The van der Waals surface area contributed by atoms with Crippen molar-refractivity contribution < 1.29 is 48.0 Å². The molecule has 3 aliphatic rings. The van der Waals surface area contributed by atoms with E-state index in [-0.39, 0.29) is 81.2 Å². The second-order valence-electron chi connectivity index (χ2n) is 19.6. The van der Waals surface area contributed by atoms with Gasteiger partial charge in [-0.3, -0.25) is 24.0 Å². The van der Waals surface area contributed by atoms with Gasteiger partial charge < -0.3 is 54.8 Å². The van der Waals surface area contributed by atoms with Gasteiger partial charge in [-0.2, -0.15) is 0 Å². The Morgan fingerprint density at radius 1 is 0.883 bits per heavy atom. The molecule has 5 N–H and O–H groups in total. The second kappa shape index (κ2) is 28.4. The minimum absolute atomic E-state index is 0.0238. The third-order valence-electron chi connectivity index (χ3n) is 13.7. The lowest BCUT2D eigenvalue weighted by Crippen LogP contribution is -2.56. The largest absolute Gasteiger partial charge is 0.458 e. The number of hydrogen-bond acceptors (Lipinski definition) is 15. The highest BCUT2D eigenvalue weighted by atomic mass is 16.7. The Morgan fingerprint density at radius 3 is 2.31 bits per heavy atom. The molecule has 0 saturated heterocycles. The first kappa shape index (κ1) is 59.3. The molecule has 0 aliphatic carbocycles. The molecule has 3 aromatic heterocycles. The summed E-state index contributed by atoms with van der Waals surface area (Å²) in [5.41, 5.74) is 2.21. The Labute approximate surface area is 451 Å². The summed E-state index contributed by atoms with van der Waals surface area (Å²) in [6.07, 6.45) is 9.30. The fourth-order valence-electron chi connectivity index (χ4n) is 9.67. The zero-order valence-corrected chi connectivity index (χ0v) is 46.0. The number of carbonyl (C=O) groups excluding carboxylic acids is 5. The number of unbranched alkanes of at least 4 members (excludes halogenated alkanes) is 2. The average Bonchev–Trinajstić information content (AvgIpc) is 4.24. The summed E-state index contributed by atoms with van der Waals surface area (Å²) < 4.78 is 24.1. The summed E-state index contributed by atoms with van der Waals surface area (Å²) in [6.45, 7) is 18.0. The lowest BCUT2D eigenvalue weighted by atomic mass is 9.86. The maximum absolute atomic E-state index is 13.9. The van der Waals surface area contributed by atoms with Crippen LogP contribution in [0.1, 0.15) is 146 Å². The molecule has 77 heavy (non-hydrogen) atoms. The fraction of sp³-hybridized carbons (Fsp3) is 0.561. The van der Waals surface area contributed by atoms with Gasteiger partial charge >= 0.3 is 5.97 Å². The minimum atomic E-state index is -1.96. The lowest BCUT2D eigenvalue weighted by molar-refractivity contribution is -0.172. The highest BCUT2D eigenvalue weighted by molar-refractivity contribution is 5.94. The molecule has 3 aliphatic heterocycles. The third-order valence-corrected chi connectivity index (χ3v) is 13.7. The van der Waals surface area contributed by atoms with Gasteiger partial charge in [0.15, 0.2) is 17.1 Å². The van der Waals surface area contributed by atoms with Crippen LogP contribution in [0.25, 0.3) is 22.3 Å². The number of esters is 1. The van der Waals surface area contributed by atoms with Gasteiger partial charge in [-0.1, -0.05) is 60.3 Å². The van der Waals surface area contributed by atoms with E-state index < -0.39 is 41.4 Å². The second-order valence-corrected chi connectivity index (χ2v) is 19.6. The van der Waals surface area contributed by atoms with E-state index in [0.29, 0.717) is 78.3 Å². The van der Waals surface area contributed by atoms with Gasteiger partial charge in [0, 0.05) is 54.4 Å². The number of rotatable bonds is 26. The van der Waals surface area contributed by atoms with E-state index in [1.54, 1.807) is 42.9 Å². The summed E-state index contributed by atoms with van der Waals surface area (Å²) >= 11 is 0. The number of nitrogens with zero attached hydrogens (tertiary/aromatic N) is 5. The molecular weight excluding hydrogens is 987 g/mol. The molecule has 1 aromatic carbocycles. The van der Waals surface area contributed by atoms with Crippen molar-refractivity contribution in [3.8, 4) is 34.7 Å². The number of hydrogen-bond donors (Lipinski definition) is 5. The van der Waals surface area contributed by atoms with E-state index in [0.717, 1.165) is 55.4 Å². The highest BCUT2D eigenvalue weighted by Gasteiger charge is 2.45. The SMILES string of the molecule is CC.CCCN(CCC)CCCC[C@H](NC(=O)C(NC(=O)CCCC#Cc1cnc(C)nc1)C(C)C)C(=O)NCC(=O)NCOCCCc1c2c(nc3cc4c(cc13)OCO4)-c1cc3c(c(=O)n1C2)COC(=O)[C@]3(O)CC. The Hall–Kier alpha value is -6.95. The van der Waals surface area contributed by atoms with E-state index in [1.807, 2.05) is 33.8 Å². The van der Waals surface area contributed by atoms with Crippen LogP contribution in [-0.4, -0.2) is 118 Å². The summed E-state index contributed by atoms with van der Waals surface area (Å²) in [6, 6.07) is 3.51. The summed E-state index contributed by atoms with van der Waals surface area (Å²) in [7, 11) is 0. The number of aliphatic hydroxyl groups is 1. The van der Waals surface area contributed by atoms with Crippen molar-refractivity contribution in [3.05, 3.63) is 74.6 Å². The molecule has 0 fully saturated rings. The molecule has 7 rings (SSSR count). The van der Waals surface area contributed by atoms with Gasteiger partial charge in [0.1, 0.15) is 31.2 Å². The zero-order chi connectivity index (χ0) is 55.6. The van der Waals surface area contributed by atoms with Gasteiger partial charge in [-0.05, 0) is 108 Å². The Kier molecular flexibility index (Phi) is 21.9. The number of nitrogens with one attached hydrogen (secondary N) is 4. The van der Waals surface area contributed by atoms with Crippen LogP contribution in [0.5, 0.6) is 11.5 Å². The zero-order valence-electron chi connectivity index (χ0n) is 46.0. The molecule has 1 unspecified atom stereocenters. The molecule has 3 atom stereocenters. The minimum Gasteiger partial charge on any atom is -0.458 e. The number of carbonyl (C=O) groups is 5. The number of benzene rings is 1. The predicted octanol–water partition coefficient (Wildman–Crippen LogP) is 5.21. The summed E-state index contributed by atoms with van der Waals surface area (Å²) in [4.78, 5) is 95.9. The van der Waals surface area contributed by atoms with Crippen LogP contribution in [0, 0.1) is 24.7 Å². The Bertz CT molecular complexity index is 2850. The monoisotopic (exact) mass is 1060 g/mol. The molecule has 0 bridgehead atoms. The number of aryl methyl sites for hydroxylation is 2. The first-order valence-electron chi connectivity index (χ1n) is 27.3. The van der Waals surface area contributed by atoms with Crippen molar-refractivity contribution in [2.75, 3.05) is 46.3 Å². The number of amides is 4. The third kappa shape index (κ3) is 15.0. The van der Waals surface area contributed by atoms with E-state index in [4.69, 9.17) is 23.9 Å². The van der Waals surface area contributed by atoms with E-state index >= 15 is 0 Å². The standard InChI is InChI=1S/C55H71N9O11.C2H6/c1-7-20-63(21-8-2)22-14-13-18-42(61-52(68)49(34(4)5)62-47(65)19-12-10-11-16-36-27-56-35(6)57-28-36)51(67)58-29-48(66)59-32-72-23-15-17-37-38-24-45-46(75-33-74-45)26-43(38)60-50-39(37)30-64-44(50)25-41-40(53(64)69)31-73-54(70)55(41,71)9-3;1-2/h24-28,34,42,49,71H,7-10,12-15,17-23,29-33H2,1-6H3,(H,58,67)(H,59,66)(H,61,68)(H,62,65);1-2H3/t42-,49?,55-;/m0./s1. The number of aromatic nitrogens is 4. The molecule has 0 saturated carbocycles. The van der Waals surface area contributed by atoms with Gasteiger partial charge in [0.25, 0.3) is 5.56 Å². The van der Waals surface area contributed by atoms with Gasteiger partial charge in [-0.25, -0.2) is 19.7 Å². The molecule has 20 nitrogen and oxygen atoms in total. The molecule has 4 amide bonds. The van der Waals surface area contributed by atoms with E-state index in [1.165, 1.54) is 0 Å². The summed E-state index contributed by atoms with van der Waals surface area (Å²) in [5, 5.41) is 23.3. The van der Waals surface area contributed by atoms with Crippen molar-refractivity contribution >= 4 is 40.5 Å². The maximum Gasteiger partial charge on any atom is 0.343 e. The first-order valence-corrected chi connectivity index (χ1v) is 27.3. The van der Waals surface area contributed by atoms with Crippen molar-refractivity contribution in [2.24, 2.45) is 5.92 Å². The van der Waals surface area contributed by atoms with Crippen molar-refractivity contribution in [2.45, 2.75) is 157 Å². The summed E-state index contributed by atoms with van der Waals surface area (Å²) in [5.74, 6) is 4.92. The number of ether oxygens (including phenoxy) is 4. The van der Waals surface area contributed by atoms with Gasteiger partial charge in [-0.15, -0.1) is 0 Å². The predicted molar refractivity (Wildman–Crippen MR) is 289 cm³/mol. The van der Waals surface area contributed by atoms with E-state index in [9.17, 15) is 33.9 Å².